The fourth-order valence-electron chi connectivity index (χ4n) is 3.57. The number of amides is 1. The second-order valence-corrected chi connectivity index (χ2v) is 8.41. The van der Waals surface area contributed by atoms with E-state index in [4.69, 9.17) is 28.2 Å². The number of aryl methyl sites for hydroxylation is 1. The lowest BCUT2D eigenvalue weighted by molar-refractivity contribution is 0.0940. The van der Waals surface area contributed by atoms with Gasteiger partial charge in [0.1, 0.15) is 0 Å². The van der Waals surface area contributed by atoms with Gasteiger partial charge in [-0.3, -0.25) is 4.79 Å². The Kier molecular flexibility index (Phi) is 6.55. The lowest BCUT2D eigenvalue weighted by Gasteiger charge is -2.16. The maximum Gasteiger partial charge on any atom is 0.252 e. The minimum atomic E-state index is -0.111. The Morgan fingerprint density at radius 3 is 2.45 bits per heavy atom. The lowest BCUT2D eigenvalue weighted by Crippen LogP contribution is -2.33. The molecule has 156 valence electrons. The molecule has 3 nitrogen and oxygen atoms in total. The third-order valence-corrected chi connectivity index (χ3v) is 6.00. The van der Waals surface area contributed by atoms with Crippen LogP contribution in [0.2, 0.25) is 10.0 Å². The van der Waals surface area contributed by atoms with Gasteiger partial charge in [-0.1, -0.05) is 77.8 Å². The second-order valence-electron chi connectivity index (χ2n) is 7.60. The van der Waals surface area contributed by atoms with Gasteiger partial charge in [-0.15, -0.1) is 0 Å². The summed E-state index contributed by atoms with van der Waals surface area (Å²) in [5.41, 5.74) is 4.11. The van der Waals surface area contributed by atoms with E-state index in [1.807, 2.05) is 61.5 Å². The number of carbonyl (C=O) groups is 1. The number of halogens is 2. The fraction of sp³-hybridized carbons (Fsp3) is 0.154. The molecule has 0 bridgehead atoms. The molecule has 0 aliphatic heterocycles. The summed E-state index contributed by atoms with van der Waals surface area (Å²) in [6, 6.07) is 25.2. The van der Waals surface area contributed by atoms with Crippen LogP contribution in [0.5, 0.6) is 0 Å². The number of rotatable bonds is 6. The molecule has 1 atom stereocenters. The normalized spacial score (nSPS) is 12.0. The first-order valence-corrected chi connectivity index (χ1v) is 11.0. The summed E-state index contributed by atoms with van der Waals surface area (Å²) < 4.78 is 0. The zero-order valence-corrected chi connectivity index (χ0v) is 18.6. The molecule has 4 aromatic rings. The van der Waals surface area contributed by atoms with Crippen LogP contribution in [0.25, 0.3) is 22.2 Å². The Bertz CT molecular complexity index is 1220. The van der Waals surface area contributed by atoms with Crippen molar-refractivity contribution in [2.24, 2.45) is 0 Å². The second kappa shape index (κ2) is 9.51. The molecule has 0 saturated carbocycles. The van der Waals surface area contributed by atoms with Crippen molar-refractivity contribution in [3.63, 3.8) is 0 Å². The quantitative estimate of drug-likeness (QED) is 0.346. The Balaban J connectivity index is 1.60. The molecule has 3 aromatic carbocycles. The molecule has 31 heavy (non-hydrogen) atoms. The Morgan fingerprint density at radius 2 is 1.68 bits per heavy atom. The number of aromatic nitrogens is 1. The van der Waals surface area contributed by atoms with Crippen molar-refractivity contribution in [1.29, 1.82) is 0 Å². The van der Waals surface area contributed by atoms with Crippen LogP contribution in [0, 0.1) is 0 Å². The number of nitrogens with zero attached hydrogens (tertiary/aromatic N) is 1. The predicted molar refractivity (Wildman–Crippen MR) is 129 cm³/mol. The van der Waals surface area contributed by atoms with Crippen molar-refractivity contribution in [2.45, 2.75) is 25.8 Å². The van der Waals surface area contributed by atoms with Crippen LogP contribution in [0.4, 0.5) is 0 Å². The van der Waals surface area contributed by atoms with Gasteiger partial charge in [0.25, 0.3) is 5.91 Å². The molecule has 1 unspecified atom stereocenters. The highest BCUT2D eigenvalue weighted by atomic mass is 35.5. The van der Waals surface area contributed by atoms with Crippen molar-refractivity contribution >= 4 is 40.0 Å². The molecule has 0 radical (unpaired) electrons. The molecule has 0 saturated heterocycles. The zero-order chi connectivity index (χ0) is 21.8. The number of para-hydroxylation sites is 1. The molecule has 4 rings (SSSR count). The minimum absolute atomic E-state index is 0.0352. The van der Waals surface area contributed by atoms with Crippen LogP contribution in [0.3, 0.4) is 0 Å². The van der Waals surface area contributed by atoms with Gasteiger partial charge in [0.2, 0.25) is 0 Å². The van der Waals surface area contributed by atoms with Crippen molar-refractivity contribution in [3.8, 4) is 11.3 Å². The number of fused-ring (bicyclic) bond motifs is 1. The monoisotopic (exact) mass is 448 g/mol. The van der Waals surface area contributed by atoms with Gasteiger partial charge in [-0.25, -0.2) is 4.98 Å². The third-order valence-electron chi connectivity index (χ3n) is 5.26. The van der Waals surface area contributed by atoms with E-state index in [0.717, 1.165) is 29.3 Å². The summed E-state index contributed by atoms with van der Waals surface area (Å²) in [4.78, 5) is 17.9. The highest BCUT2D eigenvalue weighted by molar-refractivity contribution is 6.42. The van der Waals surface area contributed by atoms with Crippen molar-refractivity contribution in [1.82, 2.24) is 10.3 Å². The predicted octanol–water partition coefficient (Wildman–Crippen LogP) is 6.96. The smallest absolute Gasteiger partial charge is 0.252 e. The Morgan fingerprint density at radius 1 is 0.935 bits per heavy atom. The van der Waals surface area contributed by atoms with Gasteiger partial charge in [-0.05, 0) is 49.6 Å². The molecular formula is C26H22Cl2N2O. The fourth-order valence-corrected chi connectivity index (χ4v) is 3.87. The average Bonchev–Trinajstić information content (AvgIpc) is 2.79. The van der Waals surface area contributed by atoms with E-state index in [2.05, 4.69) is 17.4 Å². The van der Waals surface area contributed by atoms with Crippen LogP contribution in [-0.4, -0.2) is 16.9 Å². The number of benzene rings is 3. The molecule has 0 spiro atoms. The van der Waals surface area contributed by atoms with Gasteiger partial charge >= 0.3 is 0 Å². The van der Waals surface area contributed by atoms with Crippen molar-refractivity contribution in [3.05, 3.63) is 100 Å². The topological polar surface area (TPSA) is 42.0 Å². The summed E-state index contributed by atoms with van der Waals surface area (Å²) in [6.07, 6.45) is 1.77. The van der Waals surface area contributed by atoms with Gasteiger partial charge < -0.3 is 5.32 Å². The number of carbonyl (C=O) groups excluding carboxylic acids is 1. The minimum Gasteiger partial charge on any atom is -0.350 e. The van der Waals surface area contributed by atoms with Crippen LogP contribution < -0.4 is 5.32 Å². The molecule has 1 heterocycles. The standard InChI is InChI=1S/C26H22Cl2N2O/c1-17(11-12-18-7-3-2-4-8-18)29-26(31)21-16-25(19-13-14-22(27)23(28)15-19)30-24-10-6-5-9-20(21)24/h2-10,13-17H,11-12H2,1H3,(H,29,31). The number of hydrogen-bond donors (Lipinski definition) is 1. The molecule has 1 amide bonds. The zero-order valence-electron chi connectivity index (χ0n) is 17.1. The first kappa shape index (κ1) is 21.4. The Hall–Kier alpha value is -2.88. The molecular weight excluding hydrogens is 427 g/mol. The number of hydrogen-bond acceptors (Lipinski definition) is 2. The molecule has 5 heteroatoms. The van der Waals surface area contributed by atoms with E-state index in [9.17, 15) is 4.79 Å². The van der Waals surface area contributed by atoms with E-state index in [-0.39, 0.29) is 11.9 Å². The Labute approximate surface area is 192 Å². The third kappa shape index (κ3) is 5.07. The van der Waals surface area contributed by atoms with Crippen LogP contribution in [0.1, 0.15) is 29.3 Å². The SMILES string of the molecule is CC(CCc1ccccc1)NC(=O)c1cc(-c2ccc(Cl)c(Cl)c2)nc2ccccc12. The van der Waals surface area contributed by atoms with Gasteiger partial charge in [-0.2, -0.15) is 0 Å². The van der Waals surface area contributed by atoms with E-state index in [0.29, 0.717) is 21.3 Å². The van der Waals surface area contributed by atoms with Gasteiger partial charge in [0.15, 0.2) is 0 Å². The molecule has 0 fully saturated rings. The molecule has 1 N–H and O–H groups in total. The number of pyridine rings is 1. The first-order chi connectivity index (χ1) is 15.0. The van der Waals surface area contributed by atoms with Crippen molar-refractivity contribution < 1.29 is 4.79 Å². The summed E-state index contributed by atoms with van der Waals surface area (Å²) in [7, 11) is 0. The van der Waals surface area contributed by atoms with Crippen LogP contribution in [-0.2, 0) is 6.42 Å². The highest BCUT2D eigenvalue weighted by Gasteiger charge is 2.16. The summed E-state index contributed by atoms with van der Waals surface area (Å²) >= 11 is 12.3. The summed E-state index contributed by atoms with van der Waals surface area (Å²) in [6.45, 7) is 2.03. The first-order valence-electron chi connectivity index (χ1n) is 10.2. The summed E-state index contributed by atoms with van der Waals surface area (Å²) in [5.74, 6) is -0.111. The van der Waals surface area contributed by atoms with Gasteiger partial charge in [0.05, 0.1) is 26.8 Å². The van der Waals surface area contributed by atoms with Crippen molar-refractivity contribution in [2.75, 3.05) is 0 Å². The number of nitrogens with one attached hydrogen (secondary N) is 1. The molecule has 0 aliphatic carbocycles. The van der Waals surface area contributed by atoms with E-state index in [1.165, 1.54) is 5.56 Å². The maximum atomic E-state index is 13.2. The van der Waals surface area contributed by atoms with Gasteiger partial charge in [0, 0.05) is 17.0 Å². The average molecular weight is 449 g/mol. The highest BCUT2D eigenvalue weighted by Crippen LogP contribution is 2.30. The van der Waals surface area contributed by atoms with E-state index in [1.54, 1.807) is 12.1 Å². The summed E-state index contributed by atoms with van der Waals surface area (Å²) in [5, 5.41) is 4.90. The lowest BCUT2D eigenvalue weighted by atomic mass is 10.0. The van der Waals surface area contributed by atoms with Crippen LogP contribution in [0.15, 0.2) is 78.9 Å². The maximum absolute atomic E-state index is 13.2. The van der Waals surface area contributed by atoms with E-state index < -0.39 is 0 Å². The van der Waals surface area contributed by atoms with E-state index >= 15 is 0 Å². The molecule has 0 aliphatic rings. The molecule has 1 aromatic heterocycles. The van der Waals surface area contributed by atoms with Crippen LogP contribution >= 0.6 is 23.2 Å². The largest absolute Gasteiger partial charge is 0.350 e.